The van der Waals surface area contributed by atoms with Crippen LogP contribution in [-0.2, 0) is 15.9 Å². The average Bonchev–Trinajstić information content (AvgIpc) is 2.81. The first kappa shape index (κ1) is 13.5. The van der Waals surface area contributed by atoms with Crippen molar-refractivity contribution in [2.45, 2.75) is 5.75 Å². The van der Waals surface area contributed by atoms with Crippen molar-refractivity contribution in [2.75, 3.05) is 0 Å². The van der Waals surface area contributed by atoms with E-state index in [0.29, 0.717) is 10.6 Å². The molecule has 0 radical (unpaired) electrons. The van der Waals surface area contributed by atoms with E-state index in [2.05, 4.69) is 0 Å². The summed E-state index contributed by atoms with van der Waals surface area (Å²) in [6, 6.07) is 8.55. The maximum absolute atomic E-state index is 11.7. The van der Waals surface area contributed by atoms with Crippen LogP contribution in [-0.4, -0.2) is 13.3 Å². The van der Waals surface area contributed by atoms with Gasteiger partial charge in [0.1, 0.15) is 5.75 Å². The topological polar surface area (TPSA) is 86.5 Å². The normalized spacial score (nSPS) is 11.2. The molecule has 0 aliphatic carbocycles. The molecule has 1 aromatic carbocycles. The first-order valence-electron chi connectivity index (χ1n) is 5.15. The molecular formula is C11H9NO5S2. The summed E-state index contributed by atoms with van der Waals surface area (Å²) >= 11 is 1.18. The van der Waals surface area contributed by atoms with Gasteiger partial charge in [-0.2, -0.15) is 8.42 Å². The minimum absolute atomic E-state index is 0.0830. The fourth-order valence-electron chi connectivity index (χ4n) is 1.38. The molecule has 0 aliphatic heterocycles. The van der Waals surface area contributed by atoms with Gasteiger partial charge in [0.25, 0.3) is 5.69 Å². The number of rotatable bonds is 5. The van der Waals surface area contributed by atoms with Crippen LogP contribution in [0, 0.1) is 10.1 Å². The Morgan fingerprint density at radius 1 is 1.21 bits per heavy atom. The molecule has 8 heteroatoms. The van der Waals surface area contributed by atoms with Crippen LogP contribution < -0.4 is 4.18 Å². The van der Waals surface area contributed by atoms with Crippen molar-refractivity contribution in [2.24, 2.45) is 0 Å². The fraction of sp³-hybridized carbons (Fsp3) is 0.0909. The lowest BCUT2D eigenvalue weighted by Crippen LogP contribution is -2.11. The summed E-state index contributed by atoms with van der Waals surface area (Å²) in [7, 11) is -3.75. The van der Waals surface area contributed by atoms with Crippen LogP contribution in [0.25, 0.3) is 0 Å². The van der Waals surface area contributed by atoms with Crippen LogP contribution in [0.1, 0.15) is 5.56 Å². The van der Waals surface area contributed by atoms with E-state index < -0.39 is 15.0 Å². The molecule has 0 atom stereocenters. The second-order valence-electron chi connectivity index (χ2n) is 3.64. The Kier molecular flexibility index (Phi) is 3.82. The molecule has 0 amide bonds. The summed E-state index contributed by atoms with van der Waals surface area (Å²) in [5, 5.41) is 12.5. The first-order valence-corrected chi connectivity index (χ1v) is 7.61. The van der Waals surface area contributed by atoms with Gasteiger partial charge < -0.3 is 4.18 Å². The SMILES string of the molecule is O=[N+]([O-])c1ccc(CS(=O)(=O)Oc2cccs2)cc1. The molecule has 0 fully saturated rings. The molecule has 0 saturated carbocycles. The summed E-state index contributed by atoms with van der Waals surface area (Å²) in [5.74, 6) is -0.330. The molecule has 0 saturated heterocycles. The Hall–Kier alpha value is -1.93. The highest BCUT2D eigenvalue weighted by atomic mass is 32.2. The molecule has 0 unspecified atom stereocenters. The Morgan fingerprint density at radius 2 is 1.89 bits per heavy atom. The van der Waals surface area contributed by atoms with Gasteiger partial charge in [-0.25, -0.2) is 0 Å². The van der Waals surface area contributed by atoms with Gasteiger partial charge in [-0.3, -0.25) is 10.1 Å². The monoisotopic (exact) mass is 299 g/mol. The van der Waals surface area contributed by atoms with Crippen molar-refractivity contribution in [1.82, 2.24) is 0 Å². The quantitative estimate of drug-likeness (QED) is 0.481. The maximum atomic E-state index is 11.7. The number of thiophene rings is 1. The molecule has 1 aromatic heterocycles. The van der Waals surface area contributed by atoms with E-state index in [1.165, 1.54) is 35.6 Å². The maximum Gasteiger partial charge on any atom is 0.314 e. The first-order chi connectivity index (χ1) is 8.96. The number of hydrogen-bond donors (Lipinski definition) is 0. The molecule has 0 spiro atoms. The van der Waals surface area contributed by atoms with Crippen LogP contribution >= 0.6 is 11.3 Å². The number of benzene rings is 1. The van der Waals surface area contributed by atoms with E-state index in [4.69, 9.17) is 4.18 Å². The van der Waals surface area contributed by atoms with Crippen molar-refractivity contribution in [3.05, 3.63) is 57.5 Å². The van der Waals surface area contributed by atoms with E-state index in [-0.39, 0.29) is 11.4 Å². The van der Waals surface area contributed by atoms with Gasteiger partial charge in [0.15, 0.2) is 5.06 Å². The fourth-order valence-corrected chi connectivity index (χ4v) is 3.27. The Labute approximate surface area is 113 Å². The van der Waals surface area contributed by atoms with Crippen molar-refractivity contribution in [3.63, 3.8) is 0 Å². The second-order valence-corrected chi connectivity index (χ2v) is 6.12. The average molecular weight is 299 g/mol. The van der Waals surface area contributed by atoms with Gasteiger partial charge in [0.05, 0.1) is 4.92 Å². The summed E-state index contributed by atoms with van der Waals surface area (Å²) in [6.07, 6.45) is 0. The van der Waals surface area contributed by atoms with Gasteiger partial charge in [-0.05, 0) is 23.1 Å². The van der Waals surface area contributed by atoms with Crippen LogP contribution in [0.4, 0.5) is 5.69 Å². The Bertz CT molecular complexity index is 662. The number of non-ortho nitro benzene ring substituents is 1. The van der Waals surface area contributed by atoms with E-state index in [0.717, 1.165) is 0 Å². The van der Waals surface area contributed by atoms with Crippen molar-refractivity contribution < 1.29 is 17.5 Å². The molecule has 2 aromatic rings. The lowest BCUT2D eigenvalue weighted by molar-refractivity contribution is -0.384. The Balaban J connectivity index is 2.09. The third kappa shape index (κ3) is 3.76. The zero-order chi connectivity index (χ0) is 13.9. The van der Waals surface area contributed by atoms with Crippen LogP contribution in [0.2, 0.25) is 0 Å². The molecule has 0 bridgehead atoms. The van der Waals surface area contributed by atoms with Gasteiger partial charge >= 0.3 is 10.1 Å². The summed E-state index contributed by atoms with van der Waals surface area (Å²) < 4.78 is 28.4. The highest BCUT2D eigenvalue weighted by Crippen LogP contribution is 2.22. The zero-order valence-electron chi connectivity index (χ0n) is 9.55. The minimum Gasteiger partial charge on any atom is -0.371 e. The predicted molar refractivity (Wildman–Crippen MR) is 70.7 cm³/mol. The number of hydrogen-bond acceptors (Lipinski definition) is 6. The molecule has 100 valence electrons. The van der Waals surface area contributed by atoms with Gasteiger partial charge in [-0.1, -0.05) is 12.1 Å². The summed E-state index contributed by atoms with van der Waals surface area (Å²) in [6.45, 7) is 0. The van der Waals surface area contributed by atoms with Crippen molar-refractivity contribution in [1.29, 1.82) is 0 Å². The van der Waals surface area contributed by atoms with E-state index in [9.17, 15) is 18.5 Å². The van der Waals surface area contributed by atoms with Gasteiger partial charge in [0, 0.05) is 12.1 Å². The molecule has 6 nitrogen and oxygen atoms in total. The summed E-state index contributed by atoms with van der Waals surface area (Å²) in [4.78, 5) is 9.93. The third-order valence-electron chi connectivity index (χ3n) is 2.19. The lowest BCUT2D eigenvalue weighted by Gasteiger charge is -2.04. The molecule has 0 aliphatic rings. The van der Waals surface area contributed by atoms with Crippen LogP contribution in [0.3, 0.4) is 0 Å². The smallest absolute Gasteiger partial charge is 0.314 e. The number of nitro groups is 1. The van der Waals surface area contributed by atoms with Gasteiger partial charge in [-0.15, -0.1) is 11.3 Å². The molecule has 0 N–H and O–H groups in total. The molecule has 2 rings (SSSR count). The van der Waals surface area contributed by atoms with Crippen LogP contribution in [0.5, 0.6) is 5.06 Å². The molecule has 1 heterocycles. The third-order valence-corrected chi connectivity index (χ3v) is 4.17. The largest absolute Gasteiger partial charge is 0.371 e. The lowest BCUT2D eigenvalue weighted by atomic mass is 10.2. The van der Waals surface area contributed by atoms with Crippen LogP contribution in [0.15, 0.2) is 41.8 Å². The standard InChI is InChI=1S/C11H9NO5S2/c13-12(14)10-5-3-9(4-6-10)8-19(15,16)17-11-2-1-7-18-11/h1-7H,8H2. The number of nitrogens with zero attached hydrogens (tertiary/aromatic N) is 1. The van der Waals surface area contributed by atoms with E-state index in [1.54, 1.807) is 17.5 Å². The van der Waals surface area contributed by atoms with Crippen molar-refractivity contribution >= 4 is 27.1 Å². The zero-order valence-corrected chi connectivity index (χ0v) is 11.2. The van der Waals surface area contributed by atoms with E-state index >= 15 is 0 Å². The van der Waals surface area contributed by atoms with Gasteiger partial charge in [0.2, 0.25) is 0 Å². The van der Waals surface area contributed by atoms with Crippen molar-refractivity contribution in [3.8, 4) is 5.06 Å². The molecule has 19 heavy (non-hydrogen) atoms. The highest BCUT2D eigenvalue weighted by molar-refractivity contribution is 7.86. The Morgan fingerprint density at radius 3 is 2.42 bits per heavy atom. The molecular weight excluding hydrogens is 290 g/mol. The summed E-state index contributed by atoms with van der Waals surface area (Å²) in [5.41, 5.74) is 0.350. The van der Waals surface area contributed by atoms with E-state index in [1.807, 2.05) is 0 Å². The highest BCUT2D eigenvalue weighted by Gasteiger charge is 2.15. The second kappa shape index (κ2) is 5.37. The number of nitro benzene ring substituents is 1. The minimum atomic E-state index is -3.75. The predicted octanol–water partition coefficient (Wildman–Crippen LogP) is 2.57.